The number of anilines is 1. The largest absolute Gasteiger partial charge is 0.381 e. The summed E-state index contributed by atoms with van der Waals surface area (Å²) in [6.07, 6.45) is 9.37. The van der Waals surface area contributed by atoms with Crippen LogP contribution in [-0.4, -0.2) is 41.7 Å². The van der Waals surface area contributed by atoms with Crippen molar-refractivity contribution in [2.75, 3.05) is 5.32 Å². The smallest absolute Gasteiger partial charge is 0.252 e. The summed E-state index contributed by atoms with van der Waals surface area (Å²) >= 11 is 0. The zero-order valence-electron chi connectivity index (χ0n) is 16.5. The summed E-state index contributed by atoms with van der Waals surface area (Å²) in [6, 6.07) is 8.63. The van der Waals surface area contributed by atoms with Crippen molar-refractivity contribution in [2.45, 2.75) is 55.1 Å². The summed E-state index contributed by atoms with van der Waals surface area (Å²) in [5.74, 6) is -0.514. The third-order valence-corrected chi connectivity index (χ3v) is 8.41. The minimum Gasteiger partial charge on any atom is -0.381 e. The Labute approximate surface area is 176 Å². The fourth-order valence-electron chi connectivity index (χ4n) is 5.10. The number of pyridine rings is 1. The third kappa shape index (κ3) is 3.11. The number of hydrogen-bond donors (Lipinski definition) is 2. The lowest BCUT2D eigenvalue weighted by Gasteiger charge is -2.38. The summed E-state index contributed by atoms with van der Waals surface area (Å²) in [6.45, 7) is 0. The molecular formula is C22H24N4O3S. The SMILES string of the molecule is NC(=O)c1cnc2c(c1NC1C[C@@H]3CC[C@@H](C1)N3S(=O)(=O)c1ccccc1)C=CC2. The lowest BCUT2D eigenvalue weighted by atomic mass is 9.98. The number of carbonyl (C=O) groups is 1. The van der Waals surface area contributed by atoms with E-state index in [1.807, 2.05) is 18.2 Å². The summed E-state index contributed by atoms with van der Waals surface area (Å²) < 4.78 is 28.2. The van der Waals surface area contributed by atoms with Gasteiger partial charge in [0.15, 0.2) is 0 Å². The minimum absolute atomic E-state index is 0.0473. The molecule has 0 radical (unpaired) electrons. The van der Waals surface area contributed by atoms with Gasteiger partial charge in [-0.3, -0.25) is 9.78 Å². The Morgan fingerprint density at radius 3 is 2.50 bits per heavy atom. The molecule has 8 heteroatoms. The molecule has 2 aromatic rings. The number of piperidine rings is 1. The van der Waals surface area contributed by atoms with Crippen molar-refractivity contribution in [1.82, 2.24) is 9.29 Å². The van der Waals surface area contributed by atoms with Gasteiger partial charge in [-0.25, -0.2) is 8.42 Å². The average Bonchev–Trinajstić information content (AvgIpc) is 3.32. The molecule has 0 unspecified atom stereocenters. The first-order valence-corrected chi connectivity index (χ1v) is 11.7. The highest BCUT2D eigenvalue weighted by Crippen LogP contribution is 2.41. The highest BCUT2D eigenvalue weighted by Gasteiger charge is 2.47. The van der Waals surface area contributed by atoms with Crippen LogP contribution in [0.15, 0.2) is 47.5 Å². The molecule has 1 aliphatic carbocycles. The third-order valence-electron chi connectivity index (χ3n) is 6.39. The van der Waals surface area contributed by atoms with Crippen molar-refractivity contribution in [3.63, 3.8) is 0 Å². The summed E-state index contributed by atoms with van der Waals surface area (Å²) in [7, 11) is -3.52. The lowest BCUT2D eigenvalue weighted by Crippen LogP contribution is -2.49. The molecule has 2 atom stereocenters. The maximum Gasteiger partial charge on any atom is 0.252 e. The standard InChI is InChI=1S/C22H24N4O3S/c23-22(27)19-13-24-20-8-4-7-18(20)21(19)25-14-11-15-9-10-16(12-14)26(15)30(28,29)17-5-2-1-3-6-17/h1-7,13-16H,8-12H2,(H2,23,27)(H,24,25)/t15-,16-/m0/s1. The molecule has 2 aliphatic heterocycles. The number of primary amides is 1. The van der Waals surface area contributed by atoms with Gasteiger partial charge >= 0.3 is 0 Å². The molecule has 2 bridgehead atoms. The maximum atomic E-state index is 13.2. The second-order valence-electron chi connectivity index (χ2n) is 8.22. The first kappa shape index (κ1) is 19.3. The van der Waals surface area contributed by atoms with Gasteiger partial charge in [-0.15, -0.1) is 0 Å². The molecule has 5 rings (SSSR count). The van der Waals surface area contributed by atoms with E-state index in [0.717, 1.165) is 36.2 Å². The molecule has 2 fully saturated rings. The van der Waals surface area contributed by atoms with Gasteiger partial charge in [-0.05, 0) is 37.8 Å². The van der Waals surface area contributed by atoms with E-state index in [1.54, 1.807) is 34.8 Å². The lowest BCUT2D eigenvalue weighted by molar-refractivity contribution is 0.100. The number of hydrogen-bond acceptors (Lipinski definition) is 5. The number of rotatable bonds is 5. The Balaban J connectivity index is 1.41. The number of allylic oxidation sites excluding steroid dienone is 1. The Morgan fingerprint density at radius 1 is 1.13 bits per heavy atom. The molecule has 3 N–H and O–H groups in total. The van der Waals surface area contributed by atoms with Gasteiger partial charge in [0.2, 0.25) is 10.0 Å². The van der Waals surface area contributed by atoms with Crippen LogP contribution in [0.3, 0.4) is 0 Å². The van der Waals surface area contributed by atoms with Gasteiger partial charge < -0.3 is 11.1 Å². The molecule has 2 saturated heterocycles. The molecule has 3 aliphatic rings. The van der Waals surface area contributed by atoms with Crippen molar-refractivity contribution in [3.8, 4) is 0 Å². The number of nitrogens with zero attached hydrogens (tertiary/aromatic N) is 2. The molecule has 30 heavy (non-hydrogen) atoms. The Hall–Kier alpha value is -2.71. The van der Waals surface area contributed by atoms with Crippen LogP contribution in [0.25, 0.3) is 6.08 Å². The Bertz CT molecular complexity index is 1120. The molecule has 1 aromatic carbocycles. The van der Waals surface area contributed by atoms with Gasteiger partial charge in [0.25, 0.3) is 5.91 Å². The normalized spacial score (nSPS) is 25.3. The van der Waals surface area contributed by atoms with Gasteiger partial charge in [0.1, 0.15) is 0 Å². The fourth-order valence-corrected chi connectivity index (χ4v) is 7.01. The Morgan fingerprint density at radius 2 is 1.83 bits per heavy atom. The first-order valence-electron chi connectivity index (χ1n) is 10.3. The highest BCUT2D eigenvalue weighted by molar-refractivity contribution is 7.89. The van der Waals surface area contributed by atoms with Crippen molar-refractivity contribution in [1.29, 1.82) is 0 Å². The van der Waals surface area contributed by atoms with E-state index in [2.05, 4.69) is 10.3 Å². The number of carbonyl (C=O) groups excluding carboxylic acids is 1. The highest BCUT2D eigenvalue weighted by atomic mass is 32.2. The number of sulfonamides is 1. The molecule has 3 heterocycles. The zero-order valence-corrected chi connectivity index (χ0v) is 17.3. The molecule has 7 nitrogen and oxygen atoms in total. The quantitative estimate of drug-likeness (QED) is 0.767. The molecule has 0 spiro atoms. The van der Waals surface area contributed by atoms with E-state index in [9.17, 15) is 13.2 Å². The van der Waals surface area contributed by atoms with Crippen molar-refractivity contribution < 1.29 is 13.2 Å². The van der Waals surface area contributed by atoms with E-state index in [4.69, 9.17) is 5.73 Å². The average molecular weight is 425 g/mol. The molecular weight excluding hydrogens is 400 g/mol. The van der Waals surface area contributed by atoms with E-state index < -0.39 is 15.9 Å². The fraction of sp³-hybridized carbons (Fsp3) is 0.364. The monoisotopic (exact) mass is 424 g/mol. The zero-order chi connectivity index (χ0) is 20.9. The summed E-state index contributed by atoms with van der Waals surface area (Å²) in [4.78, 5) is 16.7. The van der Waals surface area contributed by atoms with E-state index in [1.165, 1.54) is 0 Å². The number of amides is 1. The van der Waals surface area contributed by atoms with E-state index in [0.29, 0.717) is 23.3 Å². The van der Waals surface area contributed by atoms with Crippen molar-refractivity contribution in [3.05, 3.63) is 59.4 Å². The molecule has 1 amide bonds. The summed E-state index contributed by atoms with van der Waals surface area (Å²) in [5, 5.41) is 3.53. The van der Waals surface area contributed by atoms with Crippen LogP contribution in [0.2, 0.25) is 0 Å². The number of nitrogens with one attached hydrogen (secondary N) is 1. The predicted molar refractivity (Wildman–Crippen MR) is 114 cm³/mol. The van der Waals surface area contributed by atoms with E-state index >= 15 is 0 Å². The van der Waals surface area contributed by atoms with Gasteiger partial charge in [0, 0.05) is 36.3 Å². The number of fused-ring (bicyclic) bond motifs is 3. The summed E-state index contributed by atoms with van der Waals surface area (Å²) in [5.41, 5.74) is 8.54. The second-order valence-corrected chi connectivity index (χ2v) is 10.1. The predicted octanol–water partition coefficient (Wildman–Crippen LogP) is 2.55. The Kier molecular flexibility index (Phi) is 4.63. The van der Waals surface area contributed by atoms with Gasteiger partial charge in [0.05, 0.1) is 21.8 Å². The minimum atomic E-state index is -3.52. The van der Waals surface area contributed by atoms with Crippen LogP contribution in [-0.2, 0) is 16.4 Å². The van der Waals surface area contributed by atoms with Crippen LogP contribution < -0.4 is 11.1 Å². The number of nitrogens with two attached hydrogens (primary N) is 1. The molecule has 156 valence electrons. The van der Waals surface area contributed by atoms with Crippen LogP contribution >= 0.6 is 0 Å². The number of aromatic nitrogens is 1. The van der Waals surface area contributed by atoms with Crippen molar-refractivity contribution >= 4 is 27.7 Å². The maximum absolute atomic E-state index is 13.2. The van der Waals surface area contributed by atoms with Gasteiger partial charge in [-0.1, -0.05) is 30.4 Å². The van der Waals surface area contributed by atoms with Gasteiger partial charge in [-0.2, -0.15) is 4.31 Å². The van der Waals surface area contributed by atoms with Crippen LogP contribution in [0.4, 0.5) is 5.69 Å². The van der Waals surface area contributed by atoms with Crippen LogP contribution in [0, 0.1) is 0 Å². The van der Waals surface area contributed by atoms with Crippen molar-refractivity contribution in [2.24, 2.45) is 5.73 Å². The topological polar surface area (TPSA) is 105 Å². The number of benzene rings is 1. The molecule has 0 saturated carbocycles. The van der Waals surface area contributed by atoms with E-state index in [-0.39, 0.29) is 18.1 Å². The first-order chi connectivity index (χ1) is 14.4. The molecule has 1 aromatic heterocycles. The second kappa shape index (κ2) is 7.21. The van der Waals surface area contributed by atoms with Crippen LogP contribution in [0.5, 0.6) is 0 Å². The van der Waals surface area contributed by atoms with Crippen LogP contribution in [0.1, 0.15) is 47.3 Å².